The summed E-state index contributed by atoms with van der Waals surface area (Å²) in [7, 11) is 1.46. The quantitative estimate of drug-likeness (QED) is 0.453. The first-order chi connectivity index (χ1) is 12.2. The van der Waals surface area contributed by atoms with E-state index in [0.29, 0.717) is 5.75 Å². The number of ether oxygens (including phenoxy) is 1. The van der Waals surface area contributed by atoms with Crippen LogP contribution in [-0.4, -0.2) is 24.2 Å². The molecule has 0 fully saturated rings. The zero-order valence-electron chi connectivity index (χ0n) is 13.9. The third-order valence-corrected chi connectivity index (χ3v) is 3.36. The van der Waals surface area contributed by atoms with Crippen LogP contribution >= 0.6 is 0 Å². The molecule has 0 unspecified atom stereocenters. The zero-order chi connectivity index (χ0) is 19.3. The highest BCUT2D eigenvalue weighted by molar-refractivity contribution is 6.04. The largest absolute Gasteiger partial charge is 0.505 e. The first-order valence-corrected chi connectivity index (χ1v) is 7.40. The van der Waals surface area contributed by atoms with Crippen LogP contribution in [0.25, 0.3) is 5.76 Å². The molecule has 0 aromatic heterocycles. The summed E-state index contributed by atoms with van der Waals surface area (Å²) in [5, 5.41) is 17.1. The van der Waals surface area contributed by atoms with Gasteiger partial charge < -0.3 is 9.84 Å². The van der Waals surface area contributed by atoms with E-state index in [2.05, 4.69) is 10.2 Å². The molecule has 2 aromatic rings. The lowest BCUT2D eigenvalue weighted by molar-refractivity contribution is -0.166. The Labute approximate surface area is 147 Å². The summed E-state index contributed by atoms with van der Waals surface area (Å²) in [6, 6.07) is 11.9. The standard InChI is InChI=1S/C18H15F3N2O3/c1-11-3-5-12(6-4-11)16(24)15(17(25)18(19,20)21)23-22-13-7-9-14(26-2)10-8-13/h3-10,24H,1-2H3. The average molecular weight is 364 g/mol. The summed E-state index contributed by atoms with van der Waals surface area (Å²) >= 11 is 0. The van der Waals surface area contributed by atoms with Crippen molar-refractivity contribution >= 4 is 17.2 Å². The van der Waals surface area contributed by atoms with E-state index in [1.54, 1.807) is 19.1 Å². The lowest BCUT2D eigenvalue weighted by Crippen LogP contribution is -2.24. The summed E-state index contributed by atoms with van der Waals surface area (Å²) < 4.78 is 43.5. The Morgan fingerprint density at radius 3 is 2.12 bits per heavy atom. The van der Waals surface area contributed by atoms with E-state index in [9.17, 15) is 23.1 Å². The van der Waals surface area contributed by atoms with E-state index >= 15 is 0 Å². The maximum Gasteiger partial charge on any atom is 0.456 e. The molecule has 26 heavy (non-hydrogen) atoms. The van der Waals surface area contributed by atoms with Crippen molar-refractivity contribution < 1.29 is 27.8 Å². The number of benzene rings is 2. The number of aliphatic hydroxyl groups is 1. The van der Waals surface area contributed by atoms with Gasteiger partial charge in [-0.2, -0.15) is 18.3 Å². The third-order valence-electron chi connectivity index (χ3n) is 3.36. The van der Waals surface area contributed by atoms with Gasteiger partial charge in [-0.05, 0) is 31.2 Å². The Hall–Kier alpha value is -3.16. The molecule has 0 atom stereocenters. The number of nitrogens with zero attached hydrogens (tertiary/aromatic N) is 2. The summed E-state index contributed by atoms with van der Waals surface area (Å²) in [6.45, 7) is 1.77. The van der Waals surface area contributed by atoms with Gasteiger partial charge in [-0.25, -0.2) is 0 Å². The Balaban J connectivity index is 2.46. The number of aliphatic hydroxyl groups excluding tert-OH is 1. The molecular weight excluding hydrogens is 349 g/mol. The van der Waals surface area contributed by atoms with Gasteiger partial charge in [0.05, 0.1) is 12.8 Å². The second-order valence-corrected chi connectivity index (χ2v) is 5.29. The number of aryl methyl sites for hydroxylation is 1. The third kappa shape index (κ3) is 4.69. The Morgan fingerprint density at radius 2 is 1.62 bits per heavy atom. The molecule has 1 N–H and O–H groups in total. The number of methoxy groups -OCH3 is 1. The van der Waals surface area contributed by atoms with Crippen molar-refractivity contribution in [3.8, 4) is 5.75 Å². The van der Waals surface area contributed by atoms with Gasteiger partial charge in [-0.3, -0.25) is 4.79 Å². The summed E-state index contributed by atoms with van der Waals surface area (Å²) in [6.07, 6.45) is -5.20. The maximum absolute atomic E-state index is 12.9. The monoisotopic (exact) mass is 364 g/mol. The van der Waals surface area contributed by atoms with Crippen molar-refractivity contribution in [3.05, 3.63) is 65.4 Å². The van der Waals surface area contributed by atoms with E-state index in [1.165, 1.54) is 43.5 Å². The second-order valence-electron chi connectivity index (χ2n) is 5.29. The zero-order valence-corrected chi connectivity index (χ0v) is 13.9. The topological polar surface area (TPSA) is 71.2 Å². The Bertz CT molecular complexity index is 839. The van der Waals surface area contributed by atoms with Gasteiger partial charge >= 0.3 is 6.18 Å². The minimum atomic E-state index is -5.20. The van der Waals surface area contributed by atoms with Crippen LogP contribution < -0.4 is 4.74 Å². The van der Waals surface area contributed by atoms with Gasteiger partial charge in [-0.1, -0.05) is 29.8 Å². The van der Waals surface area contributed by atoms with E-state index in [0.717, 1.165) is 5.56 Å². The lowest BCUT2D eigenvalue weighted by atomic mass is 10.1. The number of carbonyl (C=O) groups excluding carboxylic acids is 1. The van der Waals surface area contributed by atoms with Crippen LogP contribution in [0, 0.1) is 6.92 Å². The van der Waals surface area contributed by atoms with E-state index in [1.807, 2.05) is 0 Å². The number of azo groups is 1. The highest BCUT2D eigenvalue weighted by Gasteiger charge is 2.43. The number of carbonyl (C=O) groups is 1. The van der Waals surface area contributed by atoms with E-state index in [-0.39, 0.29) is 11.3 Å². The van der Waals surface area contributed by atoms with Crippen LogP contribution in [0.4, 0.5) is 18.9 Å². The van der Waals surface area contributed by atoms with Gasteiger partial charge in [0.1, 0.15) is 5.75 Å². The number of rotatable bonds is 5. The molecule has 0 aliphatic heterocycles. The summed E-state index contributed by atoms with van der Waals surface area (Å²) in [5.41, 5.74) is -0.130. The van der Waals surface area contributed by atoms with Crippen molar-refractivity contribution in [2.75, 3.05) is 7.11 Å². The molecule has 0 radical (unpaired) electrons. The minimum Gasteiger partial charge on any atom is -0.505 e. The predicted octanol–water partition coefficient (Wildman–Crippen LogP) is 5.15. The molecule has 0 saturated carbocycles. The second kappa shape index (κ2) is 7.81. The first kappa shape index (κ1) is 19.2. The number of allylic oxidation sites excluding steroid dienone is 1. The van der Waals surface area contributed by atoms with Gasteiger partial charge in [0.15, 0.2) is 11.5 Å². The fourth-order valence-corrected chi connectivity index (χ4v) is 1.94. The molecule has 5 nitrogen and oxygen atoms in total. The van der Waals surface area contributed by atoms with Crippen molar-refractivity contribution in [2.24, 2.45) is 10.2 Å². The molecule has 0 heterocycles. The molecule has 136 valence electrons. The fourth-order valence-electron chi connectivity index (χ4n) is 1.94. The van der Waals surface area contributed by atoms with E-state index < -0.39 is 23.4 Å². The summed E-state index contributed by atoms with van der Waals surface area (Å²) in [4.78, 5) is 11.7. The van der Waals surface area contributed by atoms with Crippen molar-refractivity contribution in [1.29, 1.82) is 0 Å². The first-order valence-electron chi connectivity index (χ1n) is 7.40. The lowest BCUT2D eigenvalue weighted by Gasteiger charge is -2.08. The van der Waals surface area contributed by atoms with Crippen LogP contribution in [0.2, 0.25) is 0 Å². The number of hydrogen-bond acceptors (Lipinski definition) is 5. The Kier molecular flexibility index (Phi) is 5.76. The maximum atomic E-state index is 12.9. The van der Waals surface area contributed by atoms with E-state index in [4.69, 9.17) is 4.74 Å². The fraction of sp³-hybridized carbons (Fsp3) is 0.167. The van der Waals surface area contributed by atoms with Crippen molar-refractivity contribution in [2.45, 2.75) is 13.1 Å². The van der Waals surface area contributed by atoms with Crippen LogP contribution in [0.5, 0.6) is 5.75 Å². The number of Topliss-reactive ketones (excluding diaryl/α,β-unsaturated/α-hetero) is 1. The molecule has 0 amide bonds. The SMILES string of the molecule is COc1ccc(N=NC(C(=O)C(F)(F)F)=C(O)c2ccc(C)cc2)cc1. The van der Waals surface area contributed by atoms with Crippen LogP contribution in [0.15, 0.2) is 64.5 Å². The highest BCUT2D eigenvalue weighted by atomic mass is 19.4. The van der Waals surface area contributed by atoms with Gasteiger partial charge in [0.25, 0.3) is 5.78 Å². The predicted molar refractivity (Wildman–Crippen MR) is 89.3 cm³/mol. The van der Waals surface area contributed by atoms with Crippen LogP contribution in [0.1, 0.15) is 11.1 Å². The molecule has 0 saturated heterocycles. The molecule has 0 spiro atoms. The molecule has 0 bridgehead atoms. The molecule has 8 heteroatoms. The number of halogens is 3. The molecule has 0 aliphatic rings. The smallest absolute Gasteiger partial charge is 0.456 e. The van der Waals surface area contributed by atoms with Gasteiger partial charge in [-0.15, -0.1) is 5.11 Å². The molecule has 2 rings (SSSR count). The van der Waals surface area contributed by atoms with Gasteiger partial charge in [0, 0.05) is 5.56 Å². The molecule has 2 aromatic carbocycles. The van der Waals surface area contributed by atoms with Crippen LogP contribution in [0.3, 0.4) is 0 Å². The number of hydrogen-bond donors (Lipinski definition) is 1. The Morgan fingerprint density at radius 1 is 1.04 bits per heavy atom. The molecular formula is C18H15F3N2O3. The number of alkyl halides is 3. The summed E-state index contributed by atoms with van der Waals surface area (Å²) in [5.74, 6) is -2.66. The van der Waals surface area contributed by atoms with Crippen molar-refractivity contribution in [3.63, 3.8) is 0 Å². The normalized spacial score (nSPS) is 12.8. The molecule has 0 aliphatic carbocycles. The van der Waals surface area contributed by atoms with Gasteiger partial charge in [0.2, 0.25) is 0 Å². The van der Waals surface area contributed by atoms with Crippen LogP contribution in [-0.2, 0) is 4.79 Å². The average Bonchev–Trinajstić information content (AvgIpc) is 2.62. The highest BCUT2D eigenvalue weighted by Crippen LogP contribution is 2.28. The van der Waals surface area contributed by atoms with Crippen molar-refractivity contribution in [1.82, 2.24) is 0 Å². The number of ketones is 1. The minimum absolute atomic E-state index is 0.0249.